The predicted octanol–water partition coefficient (Wildman–Crippen LogP) is 4.20. The minimum Gasteiger partial charge on any atom is -0.379 e. The highest BCUT2D eigenvalue weighted by molar-refractivity contribution is 5.91. The molecule has 2 fully saturated rings. The SMILES string of the molecule is CCOC1CCC(c2ccc(C3CCC3=O)cc2)CC1. The van der Waals surface area contributed by atoms with Crippen LogP contribution < -0.4 is 0 Å². The second-order valence-corrected chi connectivity index (χ2v) is 6.15. The molecule has 0 amide bonds. The van der Waals surface area contributed by atoms with Gasteiger partial charge in [0.25, 0.3) is 0 Å². The monoisotopic (exact) mass is 272 g/mol. The molecule has 0 radical (unpaired) electrons. The van der Waals surface area contributed by atoms with Gasteiger partial charge in [-0.3, -0.25) is 4.79 Å². The van der Waals surface area contributed by atoms with E-state index in [0.717, 1.165) is 19.4 Å². The molecule has 0 bridgehead atoms. The van der Waals surface area contributed by atoms with Gasteiger partial charge in [-0.2, -0.15) is 0 Å². The second-order valence-electron chi connectivity index (χ2n) is 6.15. The van der Waals surface area contributed by atoms with Gasteiger partial charge in [0.05, 0.1) is 6.10 Å². The van der Waals surface area contributed by atoms with Crippen LogP contribution in [0, 0.1) is 0 Å². The van der Waals surface area contributed by atoms with Crippen molar-refractivity contribution in [3.05, 3.63) is 35.4 Å². The molecule has 3 rings (SSSR count). The molecular weight excluding hydrogens is 248 g/mol. The smallest absolute Gasteiger partial charge is 0.140 e. The highest BCUT2D eigenvalue weighted by Gasteiger charge is 2.29. The molecule has 2 aliphatic carbocycles. The normalized spacial score (nSPS) is 30.1. The van der Waals surface area contributed by atoms with Gasteiger partial charge in [0.2, 0.25) is 0 Å². The summed E-state index contributed by atoms with van der Waals surface area (Å²) in [4.78, 5) is 11.5. The van der Waals surface area contributed by atoms with Gasteiger partial charge in [0.15, 0.2) is 0 Å². The van der Waals surface area contributed by atoms with E-state index in [9.17, 15) is 4.79 Å². The van der Waals surface area contributed by atoms with Crippen molar-refractivity contribution in [3.8, 4) is 0 Å². The fraction of sp³-hybridized carbons (Fsp3) is 0.611. The number of carbonyl (C=O) groups excluding carboxylic acids is 1. The Balaban J connectivity index is 1.59. The van der Waals surface area contributed by atoms with E-state index >= 15 is 0 Å². The molecule has 20 heavy (non-hydrogen) atoms. The molecule has 0 saturated heterocycles. The molecule has 1 unspecified atom stereocenters. The lowest BCUT2D eigenvalue weighted by atomic mass is 9.77. The molecule has 0 spiro atoms. The van der Waals surface area contributed by atoms with Crippen molar-refractivity contribution in [1.82, 2.24) is 0 Å². The number of ketones is 1. The van der Waals surface area contributed by atoms with Gasteiger partial charge in [-0.1, -0.05) is 24.3 Å². The van der Waals surface area contributed by atoms with Crippen LogP contribution >= 0.6 is 0 Å². The van der Waals surface area contributed by atoms with Crippen LogP contribution in [0.2, 0.25) is 0 Å². The Labute approximate surface area is 121 Å². The molecule has 2 saturated carbocycles. The van der Waals surface area contributed by atoms with Crippen LogP contribution in [0.4, 0.5) is 0 Å². The van der Waals surface area contributed by atoms with E-state index in [2.05, 4.69) is 31.2 Å². The van der Waals surface area contributed by atoms with Gasteiger partial charge in [0, 0.05) is 18.9 Å². The van der Waals surface area contributed by atoms with Crippen LogP contribution in [-0.4, -0.2) is 18.5 Å². The van der Waals surface area contributed by atoms with Crippen molar-refractivity contribution in [2.24, 2.45) is 0 Å². The number of rotatable bonds is 4. The molecule has 2 heteroatoms. The molecule has 0 N–H and O–H groups in total. The van der Waals surface area contributed by atoms with Crippen molar-refractivity contribution < 1.29 is 9.53 Å². The van der Waals surface area contributed by atoms with Crippen LogP contribution in [0.15, 0.2) is 24.3 Å². The lowest BCUT2D eigenvalue weighted by molar-refractivity contribution is -0.125. The lowest BCUT2D eigenvalue weighted by Crippen LogP contribution is -2.23. The van der Waals surface area contributed by atoms with Gasteiger partial charge in [0.1, 0.15) is 5.78 Å². The highest BCUT2D eigenvalue weighted by atomic mass is 16.5. The fourth-order valence-corrected chi connectivity index (χ4v) is 3.56. The quantitative estimate of drug-likeness (QED) is 0.821. The van der Waals surface area contributed by atoms with Gasteiger partial charge in [-0.05, 0) is 56.1 Å². The Kier molecular flexibility index (Phi) is 4.21. The van der Waals surface area contributed by atoms with E-state index in [0.29, 0.717) is 17.8 Å². The Morgan fingerprint density at radius 1 is 1.00 bits per heavy atom. The van der Waals surface area contributed by atoms with Gasteiger partial charge in [-0.15, -0.1) is 0 Å². The molecule has 0 heterocycles. The van der Waals surface area contributed by atoms with E-state index in [1.54, 1.807) is 0 Å². The Hall–Kier alpha value is -1.15. The predicted molar refractivity (Wildman–Crippen MR) is 80.0 cm³/mol. The third-order valence-electron chi connectivity index (χ3n) is 4.95. The first-order valence-electron chi connectivity index (χ1n) is 8.02. The summed E-state index contributed by atoms with van der Waals surface area (Å²) in [7, 11) is 0. The van der Waals surface area contributed by atoms with E-state index < -0.39 is 0 Å². The van der Waals surface area contributed by atoms with E-state index in [-0.39, 0.29) is 5.92 Å². The van der Waals surface area contributed by atoms with Crippen molar-refractivity contribution in [3.63, 3.8) is 0 Å². The first-order chi connectivity index (χ1) is 9.78. The average molecular weight is 272 g/mol. The van der Waals surface area contributed by atoms with Crippen LogP contribution in [0.3, 0.4) is 0 Å². The zero-order chi connectivity index (χ0) is 13.9. The summed E-state index contributed by atoms with van der Waals surface area (Å²) in [6.45, 7) is 2.91. The zero-order valence-corrected chi connectivity index (χ0v) is 12.3. The highest BCUT2D eigenvalue weighted by Crippen LogP contribution is 2.36. The topological polar surface area (TPSA) is 26.3 Å². The standard InChI is InChI=1S/C18H24O2/c1-2-20-16-9-7-14(8-10-16)13-3-5-15(6-4-13)17-11-12-18(17)19/h3-6,14,16-17H,2,7-12H2,1H3. The van der Waals surface area contributed by atoms with Gasteiger partial charge >= 0.3 is 0 Å². The summed E-state index contributed by atoms with van der Waals surface area (Å²) < 4.78 is 5.71. The maximum Gasteiger partial charge on any atom is 0.140 e. The minimum absolute atomic E-state index is 0.192. The summed E-state index contributed by atoms with van der Waals surface area (Å²) in [5.74, 6) is 1.28. The van der Waals surface area contributed by atoms with E-state index in [4.69, 9.17) is 4.74 Å². The number of ether oxygens (including phenoxy) is 1. The lowest BCUT2D eigenvalue weighted by Gasteiger charge is -2.29. The van der Waals surface area contributed by atoms with Crippen molar-refractivity contribution in [2.75, 3.05) is 6.61 Å². The molecule has 2 nitrogen and oxygen atoms in total. The van der Waals surface area contributed by atoms with Gasteiger partial charge < -0.3 is 4.74 Å². The van der Waals surface area contributed by atoms with Crippen molar-refractivity contribution >= 4 is 5.78 Å². The summed E-state index contributed by atoms with van der Waals surface area (Å²) in [6, 6.07) is 8.83. The maximum absolute atomic E-state index is 11.5. The molecule has 1 atom stereocenters. The second kappa shape index (κ2) is 6.09. The number of Topliss-reactive ketones (excluding diaryl/α,β-unsaturated/α-hetero) is 1. The molecule has 0 aromatic heterocycles. The van der Waals surface area contributed by atoms with Crippen LogP contribution in [0.1, 0.15) is 68.4 Å². The maximum atomic E-state index is 11.5. The summed E-state index contributed by atoms with van der Waals surface area (Å²) in [5, 5.41) is 0. The Morgan fingerprint density at radius 2 is 1.65 bits per heavy atom. The zero-order valence-electron chi connectivity index (χ0n) is 12.3. The molecule has 1 aromatic rings. The number of hydrogen-bond acceptors (Lipinski definition) is 2. The van der Waals surface area contributed by atoms with E-state index in [1.807, 2.05) is 0 Å². The van der Waals surface area contributed by atoms with Crippen LogP contribution in [-0.2, 0) is 9.53 Å². The third-order valence-corrected chi connectivity index (χ3v) is 4.95. The Morgan fingerprint density at radius 3 is 2.15 bits per heavy atom. The number of benzene rings is 1. The summed E-state index contributed by atoms with van der Waals surface area (Å²) in [6.07, 6.45) is 7.11. The van der Waals surface area contributed by atoms with E-state index in [1.165, 1.54) is 36.8 Å². The largest absolute Gasteiger partial charge is 0.379 e. The molecule has 108 valence electrons. The summed E-state index contributed by atoms with van der Waals surface area (Å²) >= 11 is 0. The third kappa shape index (κ3) is 2.80. The van der Waals surface area contributed by atoms with Crippen LogP contribution in [0.5, 0.6) is 0 Å². The molecule has 0 aliphatic heterocycles. The first kappa shape index (κ1) is 13.8. The van der Waals surface area contributed by atoms with Gasteiger partial charge in [-0.25, -0.2) is 0 Å². The number of carbonyl (C=O) groups is 1. The van der Waals surface area contributed by atoms with Crippen molar-refractivity contribution in [2.45, 2.75) is 63.4 Å². The first-order valence-corrected chi connectivity index (χ1v) is 8.02. The number of hydrogen-bond donors (Lipinski definition) is 0. The Bertz CT molecular complexity index is 455. The molecule has 2 aliphatic rings. The summed E-state index contributed by atoms with van der Waals surface area (Å²) in [5.41, 5.74) is 2.66. The van der Waals surface area contributed by atoms with Crippen LogP contribution in [0.25, 0.3) is 0 Å². The molecular formula is C18H24O2. The average Bonchev–Trinajstić information content (AvgIpc) is 2.48. The van der Waals surface area contributed by atoms with Crippen molar-refractivity contribution in [1.29, 1.82) is 0 Å². The fourth-order valence-electron chi connectivity index (χ4n) is 3.56. The molecule has 1 aromatic carbocycles. The minimum atomic E-state index is 0.192.